The molecule has 1 aromatic carbocycles. The highest BCUT2D eigenvalue weighted by molar-refractivity contribution is 7.98. The first kappa shape index (κ1) is 9.06. The van der Waals surface area contributed by atoms with Crippen LogP contribution >= 0.6 is 11.8 Å². The highest BCUT2D eigenvalue weighted by Crippen LogP contribution is 2.23. The van der Waals surface area contributed by atoms with E-state index < -0.39 is 4.92 Å². The quantitative estimate of drug-likeness (QED) is 0.401. The summed E-state index contributed by atoms with van der Waals surface area (Å²) in [6.45, 7) is 3.71. The van der Waals surface area contributed by atoms with Crippen molar-refractivity contribution in [3.05, 3.63) is 40.8 Å². The first-order chi connectivity index (χ1) is 5.65. The smallest absolute Gasteiger partial charge is 0.258 e. The predicted octanol–water partition coefficient (Wildman–Crippen LogP) is 2.50. The zero-order valence-corrected chi connectivity index (χ0v) is 7.43. The molecular formula is C8H8NO2S. The minimum atomic E-state index is -0.418. The number of hydrogen-bond acceptors (Lipinski definition) is 3. The van der Waals surface area contributed by atoms with Gasteiger partial charge >= 0.3 is 0 Å². The lowest BCUT2D eigenvalue weighted by atomic mass is 10.2. The molecule has 0 saturated carbocycles. The lowest BCUT2D eigenvalue weighted by molar-refractivity contribution is -0.384. The summed E-state index contributed by atoms with van der Waals surface area (Å²) < 4.78 is 0. The van der Waals surface area contributed by atoms with Crippen LogP contribution in [0.1, 0.15) is 5.56 Å². The Morgan fingerprint density at radius 2 is 2.25 bits per heavy atom. The summed E-state index contributed by atoms with van der Waals surface area (Å²) in [6.07, 6.45) is 1.91. The fraction of sp³-hybridized carbons (Fsp3) is 0.125. The minimum Gasteiger partial charge on any atom is -0.258 e. The third kappa shape index (κ3) is 1.76. The fourth-order valence-corrected chi connectivity index (χ4v) is 1.40. The monoisotopic (exact) mass is 182 g/mol. The number of non-ortho nitro benzene ring substituents is 1. The van der Waals surface area contributed by atoms with Gasteiger partial charge in [0.25, 0.3) is 5.69 Å². The summed E-state index contributed by atoms with van der Waals surface area (Å²) in [4.78, 5) is 10.9. The Hall–Kier alpha value is -1.03. The third-order valence-corrected chi connectivity index (χ3v) is 2.31. The summed E-state index contributed by atoms with van der Waals surface area (Å²) >= 11 is 1.53. The Morgan fingerprint density at radius 1 is 1.58 bits per heavy atom. The number of nitro benzene ring substituents is 1. The lowest BCUT2D eigenvalue weighted by Gasteiger charge is -1.99. The summed E-state index contributed by atoms with van der Waals surface area (Å²) in [6, 6.07) is 4.68. The van der Waals surface area contributed by atoms with Crippen LogP contribution in [0.3, 0.4) is 0 Å². The van der Waals surface area contributed by atoms with Gasteiger partial charge in [0.2, 0.25) is 0 Å². The van der Waals surface area contributed by atoms with E-state index in [4.69, 9.17) is 0 Å². The Kier molecular flexibility index (Phi) is 2.70. The van der Waals surface area contributed by atoms with Crippen molar-refractivity contribution in [1.82, 2.24) is 0 Å². The fourth-order valence-electron chi connectivity index (χ4n) is 0.879. The molecule has 0 bridgehead atoms. The van der Waals surface area contributed by atoms with Gasteiger partial charge in [0.15, 0.2) is 0 Å². The topological polar surface area (TPSA) is 43.1 Å². The van der Waals surface area contributed by atoms with Crippen molar-refractivity contribution in [3.8, 4) is 0 Å². The van der Waals surface area contributed by atoms with Crippen LogP contribution in [-0.2, 0) is 0 Å². The number of benzene rings is 1. The van der Waals surface area contributed by atoms with Gasteiger partial charge in [-0.05, 0) is 24.8 Å². The summed E-state index contributed by atoms with van der Waals surface area (Å²) in [5.74, 6) is 0. The van der Waals surface area contributed by atoms with Crippen LogP contribution in [0.5, 0.6) is 0 Å². The van der Waals surface area contributed by atoms with E-state index in [0.29, 0.717) is 5.56 Å². The second-order valence-corrected chi connectivity index (χ2v) is 3.10. The molecule has 0 atom stereocenters. The summed E-state index contributed by atoms with van der Waals surface area (Å²) in [7, 11) is 0. The molecule has 0 N–H and O–H groups in total. The molecule has 63 valence electrons. The van der Waals surface area contributed by atoms with Crippen LogP contribution in [0.4, 0.5) is 5.69 Å². The maximum Gasteiger partial charge on any atom is 0.269 e. The van der Waals surface area contributed by atoms with Crippen molar-refractivity contribution in [2.75, 3.05) is 6.26 Å². The van der Waals surface area contributed by atoms with E-state index in [2.05, 4.69) is 6.92 Å². The van der Waals surface area contributed by atoms with E-state index in [9.17, 15) is 10.1 Å². The van der Waals surface area contributed by atoms with Crippen molar-refractivity contribution in [3.63, 3.8) is 0 Å². The number of nitrogens with zero attached hydrogens (tertiary/aromatic N) is 1. The molecule has 0 amide bonds. The van der Waals surface area contributed by atoms with Gasteiger partial charge in [-0.1, -0.05) is 0 Å². The molecule has 1 rings (SSSR count). The van der Waals surface area contributed by atoms with Gasteiger partial charge in [-0.3, -0.25) is 10.1 Å². The second kappa shape index (κ2) is 3.58. The molecule has 0 fully saturated rings. The lowest BCUT2D eigenvalue weighted by Crippen LogP contribution is -1.88. The maximum atomic E-state index is 10.3. The molecule has 0 aromatic heterocycles. The van der Waals surface area contributed by atoms with Gasteiger partial charge < -0.3 is 0 Å². The second-order valence-electron chi connectivity index (χ2n) is 2.25. The molecule has 1 radical (unpaired) electrons. The number of rotatable bonds is 2. The molecule has 0 saturated heterocycles. The molecule has 0 aliphatic heterocycles. The zero-order valence-electron chi connectivity index (χ0n) is 6.61. The Labute approximate surface area is 74.9 Å². The van der Waals surface area contributed by atoms with Crippen LogP contribution < -0.4 is 0 Å². The van der Waals surface area contributed by atoms with Gasteiger partial charge in [-0.2, -0.15) is 0 Å². The van der Waals surface area contributed by atoms with Crippen LogP contribution in [0.15, 0.2) is 23.1 Å². The highest BCUT2D eigenvalue weighted by Gasteiger charge is 2.06. The highest BCUT2D eigenvalue weighted by atomic mass is 32.2. The molecule has 0 aliphatic rings. The van der Waals surface area contributed by atoms with Gasteiger partial charge in [0.05, 0.1) is 4.92 Å². The Balaban J connectivity index is 3.10. The van der Waals surface area contributed by atoms with Crippen molar-refractivity contribution >= 4 is 17.4 Å². The van der Waals surface area contributed by atoms with Crippen LogP contribution in [0, 0.1) is 17.0 Å². The summed E-state index contributed by atoms with van der Waals surface area (Å²) in [5, 5.41) is 10.3. The molecule has 3 nitrogen and oxygen atoms in total. The van der Waals surface area contributed by atoms with Crippen molar-refractivity contribution in [2.45, 2.75) is 4.90 Å². The molecular weight excluding hydrogens is 174 g/mol. The van der Waals surface area contributed by atoms with E-state index >= 15 is 0 Å². The van der Waals surface area contributed by atoms with Crippen molar-refractivity contribution < 1.29 is 4.92 Å². The maximum absolute atomic E-state index is 10.3. The van der Waals surface area contributed by atoms with Gasteiger partial charge in [-0.15, -0.1) is 11.8 Å². The number of nitro groups is 1. The standard InChI is InChI=1S/C8H8NO2S/c1-6-5-7(9(10)11)3-4-8(6)12-2/h3-5H,1H2,2H3. The first-order valence-corrected chi connectivity index (χ1v) is 4.52. The molecule has 4 heteroatoms. The van der Waals surface area contributed by atoms with E-state index in [1.807, 2.05) is 6.26 Å². The van der Waals surface area contributed by atoms with Crippen LogP contribution in [0.25, 0.3) is 0 Å². The minimum absolute atomic E-state index is 0.0952. The zero-order chi connectivity index (χ0) is 9.14. The molecule has 12 heavy (non-hydrogen) atoms. The van der Waals surface area contributed by atoms with E-state index in [1.165, 1.54) is 23.9 Å². The molecule has 0 unspecified atom stereocenters. The largest absolute Gasteiger partial charge is 0.269 e. The Bertz CT molecular complexity index is 312. The van der Waals surface area contributed by atoms with E-state index in [-0.39, 0.29) is 5.69 Å². The van der Waals surface area contributed by atoms with Gasteiger partial charge in [0.1, 0.15) is 0 Å². The molecule has 0 aliphatic carbocycles. The molecule has 0 spiro atoms. The van der Waals surface area contributed by atoms with E-state index in [1.54, 1.807) is 6.07 Å². The SMILES string of the molecule is [CH2]c1cc([N+](=O)[O-])ccc1SC. The van der Waals surface area contributed by atoms with E-state index in [0.717, 1.165) is 4.90 Å². The van der Waals surface area contributed by atoms with Crippen LogP contribution in [-0.4, -0.2) is 11.2 Å². The Morgan fingerprint density at radius 3 is 2.67 bits per heavy atom. The van der Waals surface area contributed by atoms with Gasteiger partial charge in [0, 0.05) is 17.0 Å². The average Bonchev–Trinajstić information content (AvgIpc) is 2.04. The molecule has 1 aromatic rings. The number of hydrogen-bond donors (Lipinski definition) is 0. The van der Waals surface area contributed by atoms with Crippen molar-refractivity contribution in [2.24, 2.45) is 0 Å². The number of thioether (sulfide) groups is 1. The average molecular weight is 182 g/mol. The normalized spacial score (nSPS) is 9.83. The summed E-state index contributed by atoms with van der Waals surface area (Å²) in [5.41, 5.74) is 0.800. The molecule has 0 heterocycles. The van der Waals surface area contributed by atoms with Crippen LogP contribution in [0.2, 0.25) is 0 Å². The van der Waals surface area contributed by atoms with Crippen molar-refractivity contribution in [1.29, 1.82) is 0 Å². The predicted molar refractivity (Wildman–Crippen MR) is 49.3 cm³/mol. The first-order valence-electron chi connectivity index (χ1n) is 3.29. The van der Waals surface area contributed by atoms with Gasteiger partial charge in [-0.25, -0.2) is 0 Å². The third-order valence-electron chi connectivity index (χ3n) is 1.47.